The van der Waals surface area contributed by atoms with Gasteiger partial charge < -0.3 is 18.5 Å². The van der Waals surface area contributed by atoms with Crippen molar-refractivity contribution in [3.05, 3.63) is 76.4 Å². The summed E-state index contributed by atoms with van der Waals surface area (Å²) < 4.78 is 46.1. The Bertz CT molecular complexity index is 1730. The summed E-state index contributed by atoms with van der Waals surface area (Å²) in [7, 11) is -4.17. The molecule has 0 aliphatic rings. The van der Waals surface area contributed by atoms with Gasteiger partial charge in [-0.2, -0.15) is 0 Å². The molecule has 2 aromatic heterocycles. The summed E-state index contributed by atoms with van der Waals surface area (Å²) in [5.74, 6) is -0.297. The van der Waals surface area contributed by atoms with E-state index >= 15 is 0 Å². The molecule has 0 saturated carbocycles. The maximum atomic E-state index is 14.3. The Morgan fingerprint density at radius 1 is 1.02 bits per heavy atom. The number of fused-ring (bicyclic) bond motifs is 1. The Kier molecular flexibility index (Phi) is 8.80. The number of halogens is 1. The third-order valence-electron chi connectivity index (χ3n) is 6.91. The van der Waals surface area contributed by atoms with Crippen LogP contribution >= 0.6 is 11.6 Å². The minimum atomic E-state index is -4.17. The van der Waals surface area contributed by atoms with Crippen molar-refractivity contribution in [1.82, 2.24) is 0 Å². The van der Waals surface area contributed by atoms with Crippen molar-refractivity contribution in [3.63, 3.8) is 0 Å². The van der Waals surface area contributed by atoms with Crippen molar-refractivity contribution in [1.29, 1.82) is 0 Å². The van der Waals surface area contributed by atoms with E-state index in [0.717, 1.165) is 0 Å². The highest BCUT2D eigenvalue weighted by Crippen LogP contribution is 2.42. The van der Waals surface area contributed by atoms with Gasteiger partial charge in [0.15, 0.2) is 0 Å². The minimum Gasteiger partial charge on any atom is -0.467 e. The van der Waals surface area contributed by atoms with E-state index in [2.05, 4.69) is 0 Å². The van der Waals surface area contributed by atoms with E-state index in [1.54, 1.807) is 72.7 Å². The van der Waals surface area contributed by atoms with Crippen LogP contribution in [0.15, 0.2) is 62.5 Å². The summed E-state index contributed by atoms with van der Waals surface area (Å²) in [5, 5.41) is 0.861. The molecule has 224 valence electrons. The van der Waals surface area contributed by atoms with Crippen LogP contribution in [0.5, 0.6) is 0 Å². The molecule has 0 atom stereocenters. The second-order valence-electron chi connectivity index (χ2n) is 10.9. The first-order valence-corrected chi connectivity index (χ1v) is 15.4. The van der Waals surface area contributed by atoms with Crippen LogP contribution in [0.3, 0.4) is 0 Å². The molecule has 0 aliphatic carbocycles. The number of anilines is 2. The Balaban J connectivity index is 1.89. The van der Waals surface area contributed by atoms with E-state index in [0.29, 0.717) is 44.3 Å². The highest BCUT2D eigenvalue weighted by molar-refractivity contribution is 7.92. The van der Waals surface area contributed by atoms with Gasteiger partial charge in [-0.05, 0) is 75.7 Å². The summed E-state index contributed by atoms with van der Waals surface area (Å²) in [6.45, 7) is 12.5. The number of carbonyl (C=O) groups is 2. The van der Waals surface area contributed by atoms with Crippen molar-refractivity contribution in [3.8, 4) is 0 Å². The molecule has 0 aliphatic heterocycles. The standard InChI is InChI=1S/C31H35ClN2O7S/c1-8-34(42(37,38)22-12-15-26-23(17-22)19(3)28(41-26)29(35)39-9-2)25-14-13-24(32)20(4)27(25)33(30(36)31(5,6)7)18-21-11-10-16-40-21/h10-17H,8-9,18H2,1-7H3. The molecule has 2 aromatic carbocycles. The number of sulfonamides is 1. The smallest absolute Gasteiger partial charge is 0.374 e. The van der Waals surface area contributed by atoms with Gasteiger partial charge in [-0.3, -0.25) is 9.10 Å². The van der Waals surface area contributed by atoms with Crippen LogP contribution in [0.4, 0.5) is 11.4 Å². The predicted molar refractivity (Wildman–Crippen MR) is 163 cm³/mol. The number of ether oxygens (including phenoxy) is 1. The van der Waals surface area contributed by atoms with E-state index in [1.807, 2.05) is 0 Å². The number of esters is 1. The summed E-state index contributed by atoms with van der Waals surface area (Å²) in [6.07, 6.45) is 1.52. The van der Waals surface area contributed by atoms with E-state index in [9.17, 15) is 18.0 Å². The molecule has 0 saturated heterocycles. The number of benzene rings is 2. The van der Waals surface area contributed by atoms with Crippen LogP contribution in [-0.2, 0) is 26.1 Å². The van der Waals surface area contributed by atoms with E-state index in [-0.39, 0.29) is 36.3 Å². The molecule has 0 fully saturated rings. The third kappa shape index (κ3) is 5.78. The lowest BCUT2D eigenvalue weighted by Crippen LogP contribution is -2.41. The normalized spacial score (nSPS) is 12.0. The topological polar surface area (TPSA) is 110 Å². The number of aryl methyl sites for hydroxylation is 1. The van der Waals surface area contributed by atoms with Gasteiger partial charge in [-0.15, -0.1) is 0 Å². The molecule has 4 rings (SSSR count). The number of amides is 1. The molecule has 0 bridgehead atoms. The molecular weight excluding hydrogens is 580 g/mol. The lowest BCUT2D eigenvalue weighted by atomic mass is 9.93. The molecule has 11 heteroatoms. The molecule has 1 amide bonds. The second kappa shape index (κ2) is 11.9. The van der Waals surface area contributed by atoms with Gasteiger partial charge >= 0.3 is 5.97 Å². The van der Waals surface area contributed by atoms with Crippen molar-refractivity contribution in [2.45, 2.75) is 59.9 Å². The predicted octanol–water partition coefficient (Wildman–Crippen LogP) is 7.27. The van der Waals surface area contributed by atoms with Crippen LogP contribution in [-0.4, -0.2) is 33.4 Å². The third-order valence-corrected chi connectivity index (χ3v) is 9.20. The largest absolute Gasteiger partial charge is 0.467 e. The fourth-order valence-corrected chi connectivity index (χ4v) is 6.43. The average molecular weight is 615 g/mol. The van der Waals surface area contributed by atoms with Crippen LogP contribution in [0.1, 0.15) is 62.1 Å². The van der Waals surface area contributed by atoms with Crippen molar-refractivity contribution in [2.24, 2.45) is 5.41 Å². The summed E-state index contributed by atoms with van der Waals surface area (Å²) in [5.41, 5.74) is 1.25. The van der Waals surface area contributed by atoms with Crippen molar-refractivity contribution in [2.75, 3.05) is 22.4 Å². The minimum absolute atomic E-state index is 0.00514. The van der Waals surface area contributed by atoms with Gasteiger partial charge in [0.1, 0.15) is 11.3 Å². The van der Waals surface area contributed by atoms with Crippen LogP contribution in [0, 0.1) is 19.3 Å². The molecular formula is C31H35ClN2O7S. The number of furan rings is 2. The lowest BCUT2D eigenvalue weighted by molar-refractivity contribution is -0.126. The average Bonchev–Trinajstić information content (AvgIpc) is 3.56. The molecule has 0 spiro atoms. The zero-order valence-electron chi connectivity index (χ0n) is 24.8. The second-order valence-corrected chi connectivity index (χ2v) is 13.1. The number of carbonyl (C=O) groups excluding carboxylic acids is 2. The summed E-state index contributed by atoms with van der Waals surface area (Å²) >= 11 is 6.57. The van der Waals surface area contributed by atoms with Gasteiger partial charge in [-0.25, -0.2) is 13.2 Å². The van der Waals surface area contributed by atoms with Gasteiger partial charge in [-0.1, -0.05) is 32.4 Å². The Labute approximate surface area is 251 Å². The van der Waals surface area contributed by atoms with Crippen LogP contribution in [0.2, 0.25) is 5.02 Å². The fraction of sp³-hybridized carbons (Fsp3) is 0.355. The zero-order valence-corrected chi connectivity index (χ0v) is 26.4. The first-order valence-electron chi connectivity index (χ1n) is 13.6. The van der Waals surface area contributed by atoms with Crippen molar-refractivity contribution < 1.29 is 31.6 Å². The summed E-state index contributed by atoms with van der Waals surface area (Å²) in [4.78, 5) is 27.7. The maximum Gasteiger partial charge on any atom is 0.374 e. The fourth-order valence-electron chi connectivity index (χ4n) is 4.77. The highest BCUT2D eigenvalue weighted by Gasteiger charge is 2.35. The first-order chi connectivity index (χ1) is 19.7. The zero-order chi connectivity index (χ0) is 31.0. The van der Waals surface area contributed by atoms with E-state index in [4.69, 9.17) is 25.2 Å². The Hall–Kier alpha value is -3.76. The summed E-state index contributed by atoms with van der Waals surface area (Å²) in [6, 6.07) is 11.1. The number of hydrogen-bond acceptors (Lipinski definition) is 7. The Morgan fingerprint density at radius 2 is 1.74 bits per heavy atom. The molecule has 9 nitrogen and oxygen atoms in total. The number of hydrogen-bond donors (Lipinski definition) is 0. The molecule has 0 unspecified atom stereocenters. The monoisotopic (exact) mass is 614 g/mol. The molecule has 0 radical (unpaired) electrons. The van der Waals surface area contributed by atoms with E-state index in [1.165, 1.54) is 33.7 Å². The van der Waals surface area contributed by atoms with E-state index < -0.39 is 21.4 Å². The van der Waals surface area contributed by atoms with Crippen LogP contribution in [0.25, 0.3) is 11.0 Å². The van der Waals surface area contributed by atoms with Gasteiger partial charge in [0.25, 0.3) is 10.0 Å². The lowest BCUT2D eigenvalue weighted by Gasteiger charge is -2.34. The van der Waals surface area contributed by atoms with Crippen molar-refractivity contribution >= 4 is 55.8 Å². The Morgan fingerprint density at radius 3 is 2.33 bits per heavy atom. The molecule has 4 aromatic rings. The first kappa shape index (κ1) is 31.2. The van der Waals surface area contributed by atoms with Crippen LogP contribution < -0.4 is 9.21 Å². The number of nitrogens with zero attached hydrogens (tertiary/aromatic N) is 2. The molecule has 42 heavy (non-hydrogen) atoms. The van der Waals surface area contributed by atoms with Gasteiger partial charge in [0.05, 0.1) is 35.7 Å². The number of rotatable bonds is 9. The van der Waals surface area contributed by atoms with Gasteiger partial charge in [0, 0.05) is 27.9 Å². The maximum absolute atomic E-state index is 14.3. The molecule has 2 heterocycles. The quantitative estimate of drug-likeness (QED) is 0.182. The van der Waals surface area contributed by atoms with Gasteiger partial charge in [0.2, 0.25) is 11.7 Å². The highest BCUT2D eigenvalue weighted by atomic mass is 35.5. The SMILES string of the molecule is CCOC(=O)c1oc2ccc(S(=O)(=O)N(CC)c3ccc(Cl)c(C)c3N(Cc3ccco3)C(=O)C(C)(C)C)cc2c1C. The molecule has 0 N–H and O–H groups in total.